The molecule has 96 valence electrons. The molecule has 0 radical (unpaired) electrons. The molecule has 1 aliphatic heterocycles. The molecule has 3 heteroatoms. The third-order valence-electron chi connectivity index (χ3n) is 4.16. The maximum absolute atomic E-state index is 12.3. The average molecular weight is 244 g/mol. The van der Waals surface area contributed by atoms with E-state index >= 15 is 0 Å². The lowest BCUT2D eigenvalue weighted by Gasteiger charge is -2.25. The van der Waals surface area contributed by atoms with Crippen LogP contribution in [0.4, 0.5) is 0 Å². The second-order valence-corrected chi connectivity index (χ2v) is 5.78. The number of benzene rings is 1. The third kappa shape index (κ3) is 2.27. The van der Waals surface area contributed by atoms with E-state index in [4.69, 9.17) is 0 Å². The first-order valence-electron chi connectivity index (χ1n) is 6.75. The number of carbonyl (C=O) groups excluding carboxylic acids is 1. The molecule has 1 N–H and O–H groups in total. The number of amides is 1. The quantitative estimate of drug-likeness (QED) is 0.860. The number of hydrogen-bond donors (Lipinski definition) is 1. The normalized spacial score (nSPS) is 26.2. The lowest BCUT2D eigenvalue weighted by Crippen LogP contribution is -2.41. The lowest BCUT2D eigenvalue weighted by molar-refractivity contribution is -0.133. The summed E-state index contributed by atoms with van der Waals surface area (Å²) in [6, 6.07) is 10.2. The van der Waals surface area contributed by atoms with Crippen molar-refractivity contribution in [3.63, 3.8) is 0 Å². The first-order chi connectivity index (χ1) is 8.69. The fourth-order valence-corrected chi connectivity index (χ4v) is 2.72. The zero-order chi connectivity index (χ0) is 12.6. The van der Waals surface area contributed by atoms with E-state index in [-0.39, 0.29) is 11.9 Å². The van der Waals surface area contributed by atoms with Crippen LogP contribution < -0.4 is 5.32 Å². The summed E-state index contributed by atoms with van der Waals surface area (Å²) in [6.45, 7) is 4.62. The highest BCUT2D eigenvalue weighted by Gasteiger charge is 2.47. The molecule has 1 aromatic carbocycles. The van der Waals surface area contributed by atoms with E-state index in [0.717, 1.165) is 19.6 Å². The van der Waals surface area contributed by atoms with Crippen LogP contribution in [0.15, 0.2) is 30.3 Å². The molecule has 2 aliphatic rings. The molecular formula is C15H20N2O. The van der Waals surface area contributed by atoms with E-state index in [1.54, 1.807) is 0 Å². The van der Waals surface area contributed by atoms with Crippen molar-refractivity contribution in [2.75, 3.05) is 13.1 Å². The van der Waals surface area contributed by atoms with Gasteiger partial charge in [-0.2, -0.15) is 0 Å². The number of rotatable bonds is 2. The first kappa shape index (κ1) is 11.7. The molecule has 1 saturated carbocycles. The van der Waals surface area contributed by atoms with E-state index in [1.807, 2.05) is 30.0 Å². The van der Waals surface area contributed by atoms with Crippen LogP contribution in [0.1, 0.15) is 25.3 Å². The van der Waals surface area contributed by atoms with Gasteiger partial charge in [-0.25, -0.2) is 0 Å². The lowest BCUT2D eigenvalue weighted by atomic mass is 10.1. The molecular weight excluding hydrogens is 224 g/mol. The van der Waals surface area contributed by atoms with Crippen LogP contribution >= 0.6 is 0 Å². The van der Waals surface area contributed by atoms with Crippen molar-refractivity contribution in [3.05, 3.63) is 35.9 Å². The Labute approximate surface area is 108 Å². The van der Waals surface area contributed by atoms with Crippen LogP contribution in [0, 0.1) is 5.41 Å². The van der Waals surface area contributed by atoms with Crippen LogP contribution in [0.25, 0.3) is 0 Å². The molecule has 1 heterocycles. The average Bonchev–Trinajstić information content (AvgIpc) is 3.16. The van der Waals surface area contributed by atoms with Gasteiger partial charge in [0.1, 0.15) is 0 Å². The maximum atomic E-state index is 12.3. The molecule has 2 fully saturated rings. The van der Waals surface area contributed by atoms with E-state index in [1.165, 1.54) is 18.4 Å². The van der Waals surface area contributed by atoms with E-state index in [9.17, 15) is 4.79 Å². The fraction of sp³-hybridized carbons (Fsp3) is 0.533. The zero-order valence-electron chi connectivity index (χ0n) is 10.9. The summed E-state index contributed by atoms with van der Waals surface area (Å²) in [4.78, 5) is 14.4. The van der Waals surface area contributed by atoms with E-state index in [2.05, 4.69) is 17.4 Å². The molecule has 0 bridgehead atoms. The molecule has 1 aromatic rings. The van der Waals surface area contributed by atoms with E-state index in [0.29, 0.717) is 5.41 Å². The maximum Gasteiger partial charge on any atom is 0.239 e. The van der Waals surface area contributed by atoms with Crippen molar-refractivity contribution in [3.8, 4) is 0 Å². The third-order valence-corrected chi connectivity index (χ3v) is 4.16. The van der Waals surface area contributed by atoms with Crippen LogP contribution in [0.5, 0.6) is 0 Å². The Kier molecular flexibility index (Phi) is 2.86. The predicted molar refractivity (Wildman–Crippen MR) is 71.0 cm³/mol. The largest absolute Gasteiger partial charge is 0.336 e. The summed E-state index contributed by atoms with van der Waals surface area (Å²) in [7, 11) is 0. The highest BCUT2D eigenvalue weighted by Crippen LogP contribution is 2.46. The minimum absolute atomic E-state index is 0.0475. The van der Waals surface area contributed by atoms with Crippen LogP contribution in [0.3, 0.4) is 0 Å². The van der Waals surface area contributed by atoms with Gasteiger partial charge in [0, 0.05) is 25.0 Å². The topological polar surface area (TPSA) is 32.3 Å². The Morgan fingerprint density at radius 2 is 2.06 bits per heavy atom. The molecule has 1 saturated heterocycles. The Morgan fingerprint density at radius 1 is 1.33 bits per heavy atom. The van der Waals surface area contributed by atoms with Gasteiger partial charge in [0.2, 0.25) is 5.91 Å². The molecule has 0 aromatic heterocycles. The Balaban J connectivity index is 1.77. The molecule has 3 nitrogen and oxygen atoms in total. The number of hydrogen-bond acceptors (Lipinski definition) is 2. The summed E-state index contributed by atoms with van der Waals surface area (Å²) in [5.41, 5.74) is 1.59. The van der Waals surface area contributed by atoms with Crippen LogP contribution in [-0.2, 0) is 11.3 Å². The van der Waals surface area contributed by atoms with Crippen molar-refractivity contribution in [2.45, 2.75) is 32.4 Å². The molecule has 1 aliphatic carbocycles. The smallest absolute Gasteiger partial charge is 0.239 e. The highest BCUT2D eigenvalue weighted by molar-refractivity contribution is 5.82. The Bertz CT molecular complexity index is 439. The second-order valence-electron chi connectivity index (χ2n) is 5.78. The molecule has 1 amide bonds. The molecule has 18 heavy (non-hydrogen) atoms. The van der Waals surface area contributed by atoms with Gasteiger partial charge in [-0.15, -0.1) is 0 Å². The zero-order valence-corrected chi connectivity index (χ0v) is 10.9. The predicted octanol–water partition coefficient (Wildman–Crippen LogP) is 1.79. The van der Waals surface area contributed by atoms with Gasteiger partial charge >= 0.3 is 0 Å². The summed E-state index contributed by atoms with van der Waals surface area (Å²) < 4.78 is 0. The Hall–Kier alpha value is -1.35. The number of nitrogens with one attached hydrogen (secondary N) is 1. The van der Waals surface area contributed by atoms with Crippen molar-refractivity contribution >= 4 is 5.91 Å². The van der Waals surface area contributed by atoms with Crippen LogP contribution in [-0.4, -0.2) is 29.9 Å². The highest BCUT2D eigenvalue weighted by atomic mass is 16.2. The monoisotopic (exact) mass is 244 g/mol. The van der Waals surface area contributed by atoms with Crippen molar-refractivity contribution in [1.82, 2.24) is 10.2 Å². The van der Waals surface area contributed by atoms with Gasteiger partial charge < -0.3 is 10.2 Å². The second kappa shape index (κ2) is 4.39. The molecule has 1 atom stereocenters. The van der Waals surface area contributed by atoms with Gasteiger partial charge in [-0.1, -0.05) is 30.3 Å². The molecule has 1 unspecified atom stereocenters. The number of carbonyl (C=O) groups is 1. The van der Waals surface area contributed by atoms with Crippen molar-refractivity contribution < 1.29 is 4.79 Å². The molecule has 3 rings (SSSR count). The molecule has 1 spiro atoms. The minimum Gasteiger partial charge on any atom is -0.336 e. The van der Waals surface area contributed by atoms with Gasteiger partial charge in [0.25, 0.3) is 0 Å². The van der Waals surface area contributed by atoms with Gasteiger partial charge in [-0.05, 0) is 25.3 Å². The van der Waals surface area contributed by atoms with Crippen molar-refractivity contribution in [1.29, 1.82) is 0 Å². The standard InChI is InChI=1S/C15H20N2O/c1-12-14(18)17(9-13-5-3-2-4-6-13)11-15(7-8-15)10-16-12/h2-6,12,16H,7-11H2,1H3. The first-order valence-corrected chi connectivity index (χ1v) is 6.75. The van der Waals surface area contributed by atoms with Crippen molar-refractivity contribution in [2.24, 2.45) is 5.41 Å². The number of nitrogens with zero attached hydrogens (tertiary/aromatic N) is 1. The van der Waals surface area contributed by atoms with Gasteiger partial charge in [-0.3, -0.25) is 4.79 Å². The summed E-state index contributed by atoms with van der Waals surface area (Å²) in [6.07, 6.45) is 2.51. The summed E-state index contributed by atoms with van der Waals surface area (Å²) in [5.74, 6) is 0.239. The summed E-state index contributed by atoms with van der Waals surface area (Å²) in [5, 5.41) is 3.37. The van der Waals surface area contributed by atoms with Gasteiger partial charge in [0.05, 0.1) is 6.04 Å². The Morgan fingerprint density at radius 3 is 2.72 bits per heavy atom. The fourth-order valence-electron chi connectivity index (χ4n) is 2.72. The SMILES string of the molecule is CC1NCC2(CC2)CN(Cc2ccccc2)C1=O. The van der Waals surface area contributed by atoms with Crippen LogP contribution in [0.2, 0.25) is 0 Å². The minimum atomic E-state index is -0.0475. The van der Waals surface area contributed by atoms with E-state index < -0.39 is 0 Å². The van der Waals surface area contributed by atoms with Gasteiger partial charge in [0.15, 0.2) is 0 Å². The summed E-state index contributed by atoms with van der Waals surface area (Å²) >= 11 is 0.